The molecule has 3 amide bonds. The molecule has 1 aliphatic heterocycles. The van der Waals surface area contributed by atoms with Crippen molar-refractivity contribution in [3.05, 3.63) is 77.1 Å². The Morgan fingerprint density at radius 3 is 2.53 bits per heavy atom. The number of carbonyl (C=O) groups is 3. The summed E-state index contributed by atoms with van der Waals surface area (Å²) in [5.74, 6) is 0.623. The molecule has 3 aromatic carbocycles. The third-order valence-electron chi connectivity index (χ3n) is 8.39. The third-order valence-corrected chi connectivity index (χ3v) is 8.39. The molecule has 12 heteroatoms. The van der Waals surface area contributed by atoms with Crippen LogP contribution in [-0.2, 0) is 11.3 Å². The molecule has 1 unspecified atom stereocenters. The number of hydrogen-bond donors (Lipinski definition) is 3. The summed E-state index contributed by atoms with van der Waals surface area (Å²) in [5, 5.41) is 2.88. The lowest BCUT2D eigenvalue weighted by atomic mass is 10.1. The van der Waals surface area contributed by atoms with E-state index in [1.54, 1.807) is 37.4 Å². The largest absolute Gasteiger partial charge is 0.495 e. The summed E-state index contributed by atoms with van der Waals surface area (Å²) in [4.78, 5) is 53.8. The van der Waals surface area contributed by atoms with Crippen LogP contribution in [0.4, 0.5) is 11.4 Å². The van der Waals surface area contributed by atoms with Gasteiger partial charge in [0.1, 0.15) is 22.8 Å². The van der Waals surface area contributed by atoms with Crippen LogP contribution in [0.25, 0.3) is 11.0 Å². The highest BCUT2D eigenvalue weighted by molar-refractivity contribution is 6.12. The molecule has 0 aliphatic carbocycles. The Morgan fingerprint density at radius 1 is 1.06 bits per heavy atom. The number of likely N-dealkylation sites (N-methyl/N-ethyl adjacent to an activating group) is 1. The van der Waals surface area contributed by atoms with Gasteiger partial charge in [0.15, 0.2) is 6.10 Å². The van der Waals surface area contributed by atoms with E-state index >= 15 is 0 Å². The SMILES string of the molecule is CCCC(Oc1cc(C)ccc1N(C)C(=O)c1ccc(NC(=O)c2cccc3[nH]c(CN)nc23)c(OC)c1)C(=O)N1CCN(C)CC1. The van der Waals surface area contributed by atoms with Crippen molar-refractivity contribution in [2.24, 2.45) is 5.73 Å². The van der Waals surface area contributed by atoms with E-state index in [1.807, 2.05) is 50.1 Å². The second-order valence-electron chi connectivity index (χ2n) is 11.8. The van der Waals surface area contributed by atoms with Crippen molar-refractivity contribution in [3.8, 4) is 11.5 Å². The van der Waals surface area contributed by atoms with E-state index in [4.69, 9.17) is 15.2 Å². The van der Waals surface area contributed by atoms with Gasteiger partial charge in [0, 0.05) is 38.8 Å². The molecule has 1 aromatic heterocycles. The molecular weight excluding hydrogens is 598 g/mol. The molecule has 4 aromatic rings. The molecule has 1 aliphatic rings. The summed E-state index contributed by atoms with van der Waals surface area (Å²) in [6.07, 6.45) is 0.669. The zero-order valence-corrected chi connectivity index (χ0v) is 27.6. The fourth-order valence-corrected chi connectivity index (χ4v) is 5.65. The number of amides is 3. The van der Waals surface area contributed by atoms with Gasteiger partial charge in [0.25, 0.3) is 17.7 Å². The van der Waals surface area contributed by atoms with Crippen LogP contribution in [0.5, 0.6) is 11.5 Å². The fourth-order valence-electron chi connectivity index (χ4n) is 5.65. The summed E-state index contributed by atoms with van der Waals surface area (Å²) in [5.41, 5.74) is 9.54. The number of para-hydroxylation sites is 1. The number of ether oxygens (including phenoxy) is 2. The van der Waals surface area contributed by atoms with Crippen molar-refractivity contribution in [2.75, 3.05) is 57.6 Å². The fraction of sp³-hybridized carbons (Fsp3) is 0.371. The molecule has 0 radical (unpaired) electrons. The highest BCUT2D eigenvalue weighted by Gasteiger charge is 2.29. The van der Waals surface area contributed by atoms with Gasteiger partial charge >= 0.3 is 0 Å². The van der Waals surface area contributed by atoms with Crippen LogP contribution in [0.1, 0.15) is 51.9 Å². The van der Waals surface area contributed by atoms with Gasteiger partial charge < -0.3 is 40.2 Å². The lowest BCUT2D eigenvalue weighted by molar-refractivity contribution is -0.140. The molecule has 1 fully saturated rings. The zero-order chi connectivity index (χ0) is 33.7. The maximum atomic E-state index is 13.8. The number of imidazole rings is 1. The van der Waals surface area contributed by atoms with E-state index in [9.17, 15) is 14.4 Å². The van der Waals surface area contributed by atoms with Crippen LogP contribution in [0.15, 0.2) is 54.6 Å². The first-order chi connectivity index (χ1) is 22.6. The topological polar surface area (TPSA) is 146 Å². The molecule has 0 bridgehead atoms. The summed E-state index contributed by atoms with van der Waals surface area (Å²) >= 11 is 0. The van der Waals surface area contributed by atoms with Crippen molar-refractivity contribution in [3.63, 3.8) is 0 Å². The predicted octanol–water partition coefficient (Wildman–Crippen LogP) is 4.19. The van der Waals surface area contributed by atoms with Gasteiger partial charge in [-0.05, 0) is 68.4 Å². The molecule has 1 saturated heterocycles. The summed E-state index contributed by atoms with van der Waals surface area (Å²) in [6, 6.07) is 15.7. The molecule has 4 N–H and O–H groups in total. The first-order valence-electron chi connectivity index (χ1n) is 15.8. The minimum atomic E-state index is -0.662. The van der Waals surface area contributed by atoms with Gasteiger partial charge in [-0.2, -0.15) is 0 Å². The van der Waals surface area contributed by atoms with Gasteiger partial charge in [0.2, 0.25) is 0 Å². The molecule has 248 valence electrons. The van der Waals surface area contributed by atoms with Gasteiger partial charge in [-0.15, -0.1) is 0 Å². The second kappa shape index (κ2) is 14.7. The van der Waals surface area contributed by atoms with Crippen LogP contribution < -0.4 is 25.4 Å². The van der Waals surface area contributed by atoms with E-state index in [0.29, 0.717) is 70.4 Å². The average Bonchev–Trinajstić information content (AvgIpc) is 3.51. The van der Waals surface area contributed by atoms with Crippen molar-refractivity contribution >= 4 is 40.1 Å². The minimum absolute atomic E-state index is 0.0351. The standard InChI is InChI=1S/C35H43N7O5/c1-6-8-28(35(45)42-17-15-40(3)16-18-42)47-30-19-22(2)11-14-27(30)41(4)34(44)23-12-13-25(29(20-23)46-5)38-33(43)24-9-7-10-26-32(24)39-31(21-36)37-26/h7,9-14,19-20,28H,6,8,15-18,21,36H2,1-5H3,(H,37,39)(H,38,43). The quantitative estimate of drug-likeness (QED) is 0.221. The number of nitrogens with one attached hydrogen (secondary N) is 2. The summed E-state index contributed by atoms with van der Waals surface area (Å²) in [7, 11) is 5.19. The Bertz CT molecular complexity index is 1760. The van der Waals surface area contributed by atoms with Crippen molar-refractivity contribution < 1.29 is 23.9 Å². The Labute approximate surface area is 274 Å². The average molecular weight is 642 g/mol. The molecule has 2 heterocycles. The van der Waals surface area contributed by atoms with Crippen LogP contribution in [0.3, 0.4) is 0 Å². The number of nitrogens with zero attached hydrogens (tertiary/aromatic N) is 4. The molecule has 0 spiro atoms. The van der Waals surface area contributed by atoms with Crippen LogP contribution in [-0.4, -0.2) is 91.0 Å². The lowest BCUT2D eigenvalue weighted by Gasteiger charge is -2.35. The number of hydrogen-bond acceptors (Lipinski definition) is 8. The van der Waals surface area contributed by atoms with E-state index in [1.165, 1.54) is 12.0 Å². The molecule has 47 heavy (non-hydrogen) atoms. The van der Waals surface area contributed by atoms with E-state index < -0.39 is 6.10 Å². The summed E-state index contributed by atoms with van der Waals surface area (Å²) in [6.45, 7) is 7.14. The Balaban J connectivity index is 1.36. The summed E-state index contributed by atoms with van der Waals surface area (Å²) < 4.78 is 12.0. The van der Waals surface area contributed by atoms with E-state index in [-0.39, 0.29) is 24.3 Å². The van der Waals surface area contributed by atoms with Crippen LogP contribution >= 0.6 is 0 Å². The molecule has 1 atom stereocenters. The highest BCUT2D eigenvalue weighted by atomic mass is 16.5. The minimum Gasteiger partial charge on any atom is -0.495 e. The van der Waals surface area contributed by atoms with Crippen molar-refractivity contribution in [1.82, 2.24) is 19.8 Å². The third kappa shape index (κ3) is 7.39. The number of aromatic nitrogens is 2. The van der Waals surface area contributed by atoms with Gasteiger partial charge in [-0.25, -0.2) is 4.98 Å². The Hall–Kier alpha value is -4.94. The van der Waals surface area contributed by atoms with E-state index in [0.717, 1.165) is 25.1 Å². The maximum Gasteiger partial charge on any atom is 0.263 e. The zero-order valence-electron chi connectivity index (χ0n) is 27.6. The van der Waals surface area contributed by atoms with Gasteiger partial charge in [0.05, 0.1) is 36.1 Å². The van der Waals surface area contributed by atoms with Gasteiger partial charge in [-0.1, -0.05) is 25.5 Å². The smallest absolute Gasteiger partial charge is 0.263 e. The normalized spacial score (nSPS) is 14.1. The molecular formula is C35H43N7O5. The number of piperazine rings is 1. The first-order valence-corrected chi connectivity index (χ1v) is 15.8. The number of rotatable bonds is 11. The van der Waals surface area contributed by atoms with Crippen molar-refractivity contribution in [1.29, 1.82) is 0 Å². The van der Waals surface area contributed by atoms with E-state index in [2.05, 4.69) is 20.2 Å². The number of aromatic amines is 1. The monoisotopic (exact) mass is 641 g/mol. The number of H-pyrrole nitrogens is 1. The number of carbonyl (C=O) groups excluding carboxylic acids is 3. The van der Waals surface area contributed by atoms with Gasteiger partial charge in [-0.3, -0.25) is 14.4 Å². The lowest BCUT2D eigenvalue weighted by Crippen LogP contribution is -2.51. The number of anilines is 2. The molecule has 12 nitrogen and oxygen atoms in total. The second-order valence-corrected chi connectivity index (χ2v) is 11.8. The van der Waals surface area contributed by atoms with Crippen LogP contribution in [0.2, 0.25) is 0 Å². The number of aryl methyl sites for hydroxylation is 1. The maximum absolute atomic E-state index is 13.8. The first kappa shape index (κ1) is 33.4. The predicted molar refractivity (Wildman–Crippen MR) is 182 cm³/mol. The molecule has 0 saturated carbocycles. The Morgan fingerprint density at radius 2 is 1.83 bits per heavy atom. The van der Waals surface area contributed by atoms with Crippen molar-refractivity contribution in [2.45, 2.75) is 39.3 Å². The highest BCUT2D eigenvalue weighted by Crippen LogP contribution is 2.33. The number of benzene rings is 3. The van der Waals surface area contributed by atoms with Crippen LogP contribution in [0, 0.1) is 6.92 Å². The number of fused-ring (bicyclic) bond motifs is 1. The Kier molecular flexibility index (Phi) is 10.4. The molecule has 5 rings (SSSR count). The number of nitrogens with two attached hydrogens (primary N) is 1. The number of methoxy groups -OCH3 is 1.